The van der Waals surface area contributed by atoms with Crippen LogP contribution in [-0.2, 0) is 5.60 Å². The molecule has 1 heterocycles. The van der Waals surface area contributed by atoms with Crippen LogP contribution in [0.2, 0.25) is 5.02 Å². The fourth-order valence-corrected chi connectivity index (χ4v) is 3.27. The summed E-state index contributed by atoms with van der Waals surface area (Å²) < 4.78 is 0. The van der Waals surface area contributed by atoms with Gasteiger partial charge in [-0.25, -0.2) is 0 Å². The predicted octanol–water partition coefficient (Wildman–Crippen LogP) is 2.10. The number of hydrogen-bond donors (Lipinski definition) is 2. The molecule has 2 atom stereocenters. The van der Waals surface area contributed by atoms with Crippen LogP contribution in [0.1, 0.15) is 24.1 Å². The highest BCUT2D eigenvalue weighted by Gasteiger charge is 2.39. The Labute approximate surface area is 86.3 Å². The Morgan fingerprint density at radius 3 is 2.92 bits per heavy atom. The smallest absolute Gasteiger partial charge is 0.102 e. The van der Waals surface area contributed by atoms with E-state index in [2.05, 4.69) is 0 Å². The third-order valence-electron chi connectivity index (χ3n) is 2.57. The molecule has 1 saturated carbocycles. The van der Waals surface area contributed by atoms with Crippen molar-refractivity contribution in [1.29, 1.82) is 0 Å². The van der Waals surface area contributed by atoms with Crippen molar-refractivity contribution in [3.63, 3.8) is 0 Å². The molecule has 0 spiro atoms. The van der Waals surface area contributed by atoms with Gasteiger partial charge < -0.3 is 10.8 Å². The van der Waals surface area contributed by atoms with Crippen molar-refractivity contribution in [1.82, 2.24) is 0 Å². The van der Waals surface area contributed by atoms with Crippen LogP contribution in [0.3, 0.4) is 0 Å². The second-order valence-electron chi connectivity index (χ2n) is 3.63. The first-order valence-corrected chi connectivity index (χ1v) is 5.59. The largest absolute Gasteiger partial charge is 0.384 e. The molecular weight excluding hydrogens is 206 g/mol. The summed E-state index contributed by atoms with van der Waals surface area (Å²) in [6.45, 7) is 0. The van der Waals surface area contributed by atoms with Crippen LogP contribution < -0.4 is 5.73 Å². The van der Waals surface area contributed by atoms with Crippen LogP contribution in [0.5, 0.6) is 0 Å². The summed E-state index contributed by atoms with van der Waals surface area (Å²) in [7, 11) is 0. The van der Waals surface area contributed by atoms with Gasteiger partial charge in [-0.05, 0) is 30.7 Å². The average Bonchev–Trinajstić information content (AvgIpc) is 2.59. The molecule has 3 N–H and O–H groups in total. The molecule has 2 rings (SSSR count). The summed E-state index contributed by atoms with van der Waals surface area (Å²) in [6, 6.07) is 1.94. The van der Waals surface area contributed by atoms with Crippen LogP contribution in [-0.4, -0.2) is 11.1 Å². The number of thiophene rings is 1. The summed E-state index contributed by atoms with van der Waals surface area (Å²) >= 11 is 7.48. The van der Waals surface area contributed by atoms with Crippen LogP contribution in [0.15, 0.2) is 11.4 Å². The molecule has 0 aromatic carbocycles. The van der Waals surface area contributed by atoms with Gasteiger partial charge in [0, 0.05) is 6.04 Å². The third kappa shape index (κ3) is 1.62. The first-order chi connectivity index (χ1) is 6.12. The van der Waals surface area contributed by atoms with E-state index in [1.54, 1.807) is 0 Å². The minimum absolute atomic E-state index is 0.114. The van der Waals surface area contributed by atoms with Crippen LogP contribution in [0, 0.1) is 0 Å². The maximum atomic E-state index is 10.2. The lowest BCUT2D eigenvalue weighted by atomic mass is 10.0. The summed E-state index contributed by atoms with van der Waals surface area (Å²) in [5.41, 5.74) is 5.01. The molecule has 1 fully saturated rings. The van der Waals surface area contributed by atoms with Crippen molar-refractivity contribution in [3.8, 4) is 0 Å². The van der Waals surface area contributed by atoms with E-state index >= 15 is 0 Å². The highest BCUT2D eigenvalue weighted by molar-refractivity contribution is 7.10. The SMILES string of the molecule is NC1CCC(O)(c2sccc2Cl)C1. The lowest BCUT2D eigenvalue weighted by Gasteiger charge is -2.21. The van der Waals surface area contributed by atoms with Gasteiger partial charge in [-0.2, -0.15) is 0 Å². The molecule has 2 nitrogen and oxygen atoms in total. The second kappa shape index (κ2) is 3.24. The van der Waals surface area contributed by atoms with Gasteiger partial charge in [0.2, 0.25) is 0 Å². The topological polar surface area (TPSA) is 46.2 Å². The molecule has 1 aromatic heterocycles. The Bertz CT molecular complexity index is 314. The highest BCUT2D eigenvalue weighted by Crippen LogP contribution is 2.43. The van der Waals surface area contributed by atoms with Gasteiger partial charge in [-0.15, -0.1) is 11.3 Å². The summed E-state index contributed by atoms with van der Waals surface area (Å²) in [5, 5.41) is 12.8. The summed E-state index contributed by atoms with van der Waals surface area (Å²) in [4.78, 5) is 0.877. The molecule has 0 radical (unpaired) electrons. The van der Waals surface area contributed by atoms with Gasteiger partial charge in [0.1, 0.15) is 5.60 Å². The van der Waals surface area contributed by atoms with Crippen molar-refractivity contribution in [3.05, 3.63) is 21.3 Å². The zero-order valence-electron chi connectivity index (χ0n) is 7.16. The molecule has 2 unspecified atom stereocenters. The van der Waals surface area contributed by atoms with Gasteiger partial charge in [-0.3, -0.25) is 0 Å². The van der Waals surface area contributed by atoms with E-state index in [-0.39, 0.29) is 6.04 Å². The van der Waals surface area contributed by atoms with E-state index in [0.29, 0.717) is 11.4 Å². The molecule has 0 amide bonds. The zero-order chi connectivity index (χ0) is 9.47. The van der Waals surface area contributed by atoms with Crippen LogP contribution in [0.25, 0.3) is 0 Å². The first kappa shape index (κ1) is 9.46. The lowest BCUT2D eigenvalue weighted by Crippen LogP contribution is -2.24. The molecule has 0 aliphatic heterocycles. The maximum Gasteiger partial charge on any atom is 0.102 e. The van der Waals surface area contributed by atoms with Gasteiger partial charge in [0.25, 0.3) is 0 Å². The Balaban J connectivity index is 2.30. The fraction of sp³-hybridized carbons (Fsp3) is 0.556. The van der Waals surface area contributed by atoms with Gasteiger partial charge in [0.05, 0.1) is 9.90 Å². The number of halogens is 1. The molecule has 0 bridgehead atoms. The van der Waals surface area contributed by atoms with Gasteiger partial charge in [-0.1, -0.05) is 11.6 Å². The van der Waals surface area contributed by atoms with Gasteiger partial charge in [0.15, 0.2) is 0 Å². The quantitative estimate of drug-likeness (QED) is 0.757. The monoisotopic (exact) mass is 217 g/mol. The van der Waals surface area contributed by atoms with E-state index in [1.807, 2.05) is 11.4 Å². The molecular formula is C9H12ClNOS. The Kier molecular flexibility index (Phi) is 2.36. The van der Waals surface area contributed by atoms with Crippen molar-refractivity contribution in [2.75, 3.05) is 0 Å². The Morgan fingerprint density at radius 1 is 1.69 bits per heavy atom. The minimum Gasteiger partial charge on any atom is -0.384 e. The van der Waals surface area contributed by atoms with E-state index in [4.69, 9.17) is 17.3 Å². The maximum absolute atomic E-state index is 10.2. The van der Waals surface area contributed by atoms with Gasteiger partial charge >= 0.3 is 0 Å². The van der Waals surface area contributed by atoms with Crippen molar-refractivity contribution >= 4 is 22.9 Å². The fourth-order valence-electron chi connectivity index (χ4n) is 1.89. The van der Waals surface area contributed by atoms with Crippen molar-refractivity contribution in [2.24, 2.45) is 5.73 Å². The van der Waals surface area contributed by atoms with Crippen molar-refractivity contribution in [2.45, 2.75) is 30.9 Å². The predicted molar refractivity (Wildman–Crippen MR) is 55.1 cm³/mol. The molecule has 1 aromatic rings. The Morgan fingerprint density at radius 2 is 2.46 bits per heavy atom. The number of rotatable bonds is 1. The lowest BCUT2D eigenvalue weighted by molar-refractivity contribution is 0.0470. The Hall–Kier alpha value is -0.0900. The number of hydrogen-bond acceptors (Lipinski definition) is 3. The molecule has 4 heteroatoms. The second-order valence-corrected chi connectivity index (χ2v) is 4.96. The van der Waals surface area contributed by atoms with E-state index in [1.165, 1.54) is 11.3 Å². The molecule has 0 saturated heterocycles. The van der Waals surface area contributed by atoms with E-state index in [9.17, 15) is 5.11 Å². The van der Waals surface area contributed by atoms with E-state index < -0.39 is 5.60 Å². The van der Waals surface area contributed by atoms with E-state index in [0.717, 1.165) is 17.7 Å². The third-order valence-corrected chi connectivity index (χ3v) is 4.10. The molecule has 1 aliphatic rings. The summed E-state index contributed by atoms with van der Waals surface area (Å²) in [5.74, 6) is 0. The molecule has 13 heavy (non-hydrogen) atoms. The average molecular weight is 218 g/mol. The van der Waals surface area contributed by atoms with Crippen LogP contribution in [0.4, 0.5) is 0 Å². The zero-order valence-corrected chi connectivity index (χ0v) is 8.74. The van der Waals surface area contributed by atoms with Crippen LogP contribution >= 0.6 is 22.9 Å². The highest BCUT2D eigenvalue weighted by atomic mass is 35.5. The summed E-state index contributed by atoms with van der Waals surface area (Å²) in [6.07, 6.45) is 2.24. The first-order valence-electron chi connectivity index (χ1n) is 4.33. The number of aliphatic hydroxyl groups is 1. The molecule has 72 valence electrons. The standard InChI is InChI=1S/C9H12ClNOS/c10-7-2-4-13-8(7)9(12)3-1-6(11)5-9/h2,4,6,12H,1,3,5,11H2. The minimum atomic E-state index is -0.759. The molecule has 1 aliphatic carbocycles. The normalized spacial score (nSPS) is 33.9. The van der Waals surface area contributed by atoms with Crippen molar-refractivity contribution < 1.29 is 5.11 Å². The number of nitrogens with two attached hydrogens (primary N) is 1.